The molecule has 0 saturated carbocycles. The number of benzene rings is 1. The van der Waals surface area contributed by atoms with Crippen LogP contribution >= 0.6 is 45.3 Å². The zero-order chi connectivity index (χ0) is 31.8. The highest BCUT2D eigenvalue weighted by atomic mass is 32.1. The van der Waals surface area contributed by atoms with Crippen molar-refractivity contribution in [1.82, 2.24) is 0 Å². The van der Waals surface area contributed by atoms with Crippen LogP contribution in [0.4, 0.5) is 0 Å². The lowest BCUT2D eigenvalue weighted by atomic mass is 9.92. The van der Waals surface area contributed by atoms with Gasteiger partial charge in [-0.05, 0) is 98.2 Å². The number of fused-ring (bicyclic) bond motifs is 2. The molecule has 244 valence electrons. The fourth-order valence-corrected chi connectivity index (χ4v) is 11.2. The lowest BCUT2D eigenvalue weighted by molar-refractivity contribution is 0.604. The first-order valence-electron chi connectivity index (χ1n) is 17.9. The Morgan fingerprint density at radius 3 is 1.76 bits per heavy atom. The molecule has 0 radical (unpaired) electrons. The largest absolute Gasteiger partial charge is 0.145 e. The predicted octanol–water partition coefficient (Wildman–Crippen LogP) is 15.1. The Morgan fingerprint density at radius 1 is 0.533 bits per heavy atom. The van der Waals surface area contributed by atoms with Crippen LogP contribution in [0.5, 0.6) is 0 Å². The van der Waals surface area contributed by atoms with E-state index in [1.165, 1.54) is 130 Å². The number of aryl methyl sites for hydroxylation is 5. The van der Waals surface area contributed by atoms with Crippen LogP contribution in [-0.2, 0) is 31.1 Å². The van der Waals surface area contributed by atoms with E-state index >= 15 is 0 Å². The number of hydrogen-bond acceptors (Lipinski definition) is 4. The molecule has 0 nitrogen and oxygen atoms in total. The topological polar surface area (TPSA) is 0 Å². The molecule has 0 amide bonds. The molecule has 4 aromatic heterocycles. The van der Waals surface area contributed by atoms with Crippen LogP contribution in [0.25, 0.3) is 30.6 Å². The smallest absolute Gasteiger partial charge is 0.0441 e. The van der Waals surface area contributed by atoms with Crippen molar-refractivity contribution in [1.29, 1.82) is 0 Å². The van der Waals surface area contributed by atoms with Crippen molar-refractivity contribution in [3.63, 3.8) is 0 Å². The van der Waals surface area contributed by atoms with Crippen molar-refractivity contribution >= 4 is 65.5 Å². The van der Waals surface area contributed by atoms with E-state index in [1.54, 1.807) is 20.2 Å². The van der Waals surface area contributed by atoms with Gasteiger partial charge in [0.15, 0.2) is 0 Å². The van der Waals surface area contributed by atoms with E-state index in [-0.39, 0.29) is 5.41 Å². The summed E-state index contributed by atoms with van der Waals surface area (Å²) in [6.07, 6.45) is 21.2. The van der Waals surface area contributed by atoms with E-state index < -0.39 is 0 Å². The summed E-state index contributed by atoms with van der Waals surface area (Å²) in [5.74, 6) is 0. The minimum atomic E-state index is 0.152. The van der Waals surface area contributed by atoms with Crippen LogP contribution in [-0.4, -0.2) is 0 Å². The number of hydrogen-bond donors (Lipinski definition) is 0. The molecular formula is C41H56S4. The van der Waals surface area contributed by atoms with Gasteiger partial charge in [0.2, 0.25) is 0 Å². The first kappa shape index (κ1) is 34.9. The summed E-state index contributed by atoms with van der Waals surface area (Å²) in [5, 5.41) is 3.01. The monoisotopic (exact) mass is 676 g/mol. The van der Waals surface area contributed by atoms with Crippen molar-refractivity contribution in [3.05, 3.63) is 66.3 Å². The molecule has 0 N–H and O–H groups in total. The van der Waals surface area contributed by atoms with Gasteiger partial charge >= 0.3 is 0 Å². The molecule has 0 atom stereocenters. The number of rotatable bonds is 18. The van der Waals surface area contributed by atoms with Gasteiger partial charge in [-0.3, -0.25) is 0 Å². The van der Waals surface area contributed by atoms with Crippen LogP contribution in [0.3, 0.4) is 0 Å². The van der Waals surface area contributed by atoms with E-state index in [1.807, 2.05) is 11.3 Å². The zero-order valence-corrected chi connectivity index (χ0v) is 32.2. The molecule has 45 heavy (non-hydrogen) atoms. The summed E-state index contributed by atoms with van der Waals surface area (Å²) in [7, 11) is 0. The van der Waals surface area contributed by atoms with Crippen molar-refractivity contribution in [2.45, 2.75) is 150 Å². The first-order valence-corrected chi connectivity index (χ1v) is 21.2. The van der Waals surface area contributed by atoms with Crippen LogP contribution in [0.2, 0.25) is 0 Å². The summed E-state index contributed by atoms with van der Waals surface area (Å²) in [6.45, 7) is 14.0. The van der Waals surface area contributed by atoms with E-state index in [4.69, 9.17) is 0 Å². The Kier molecular flexibility index (Phi) is 12.8. The molecular weight excluding hydrogens is 621 g/mol. The highest BCUT2D eigenvalue weighted by Gasteiger charge is 2.24. The Balaban J connectivity index is 1.40. The lowest BCUT2D eigenvalue weighted by Crippen LogP contribution is -2.07. The first-order chi connectivity index (χ1) is 21.8. The number of thiophene rings is 4. The predicted molar refractivity (Wildman–Crippen MR) is 210 cm³/mol. The average Bonchev–Trinajstić information content (AvgIpc) is 3.81. The molecule has 4 heteroatoms. The molecule has 0 aliphatic carbocycles. The van der Waals surface area contributed by atoms with E-state index in [9.17, 15) is 0 Å². The summed E-state index contributed by atoms with van der Waals surface area (Å²) in [5.41, 5.74) is 3.24. The minimum Gasteiger partial charge on any atom is -0.145 e. The molecule has 1 aromatic carbocycles. The van der Waals surface area contributed by atoms with Crippen molar-refractivity contribution < 1.29 is 0 Å². The highest BCUT2D eigenvalue weighted by Crippen LogP contribution is 2.49. The summed E-state index contributed by atoms with van der Waals surface area (Å²) >= 11 is 8.20. The van der Waals surface area contributed by atoms with Gasteiger partial charge in [-0.2, -0.15) is 0 Å². The zero-order valence-electron chi connectivity index (χ0n) is 28.9. The highest BCUT2D eigenvalue weighted by molar-refractivity contribution is 7.22. The molecule has 4 heterocycles. The van der Waals surface area contributed by atoms with E-state index in [2.05, 4.69) is 112 Å². The Morgan fingerprint density at radius 2 is 1.11 bits per heavy atom. The standard InChI is InChI=1S/C41H56S4/c1-7-9-11-13-15-17-19-30-21-22-32(43-30)23-25-33-34-27-29(3)42-40(34)38(35-28-37(41(4,5)6)45-39(33)35)36-26-24-31(44-36)20-18-16-14-12-10-8-2/h21-22,24,26-28H,7-20,23,25H2,1-6H3. The molecule has 0 spiro atoms. The Bertz CT molecular complexity index is 1630. The molecule has 0 aliphatic rings. The maximum absolute atomic E-state index is 2.56. The van der Waals surface area contributed by atoms with Gasteiger partial charge in [0, 0.05) is 49.6 Å². The van der Waals surface area contributed by atoms with Crippen LogP contribution in [0.15, 0.2) is 36.4 Å². The molecule has 0 unspecified atom stereocenters. The van der Waals surface area contributed by atoms with E-state index in [0.29, 0.717) is 0 Å². The molecule has 0 saturated heterocycles. The normalized spacial score (nSPS) is 12.3. The maximum atomic E-state index is 2.56. The van der Waals surface area contributed by atoms with Crippen LogP contribution in [0.1, 0.15) is 142 Å². The van der Waals surface area contributed by atoms with Gasteiger partial charge in [-0.15, -0.1) is 45.3 Å². The minimum absolute atomic E-state index is 0.152. The third-order valence-corrected chi connectivity index (χ3v) is 14.3. The average molecular weight is 677 g/mol. The molecule has 5 aromatic rings. The maximum Gasteiger partial charge on any atom is 0.0441 e. The number of unbranched alkanes of at least 4 members (excludes halogenated alkanes) is 10. The fourth-order valence-electron chi connectivity index (χ4n) is 6.58. The molecule has 0 bridgehead atoms. The third-order valence-electron chi connectivity index (χ3n) is 9.22. The van der Waals surface area contributed by atoms with Gasteiger partial charge in [0.25, 0.3) is 0 Å². The van der Waals surface area contributed by atoms with Gasteiger partial charge < -0.3 is 0 Å². The Hall–Kier alpha value is -1.46. The molecule has 0 aliphatic heterocycles. The summed E-state index contributed by atoms with van der Waals surface area (Å²) < 4.78 is 3.05. The van der Waals surface area contributed by atoms with Gasteiger partial charge in [0.05, 0.1) is 0 Å². The third kappa shape index (κ3) is 9.12. The summed E-state index contributed by atoms with van der Waals surface area (Å²) in [6, 6.07) is 14.8. The summed E-state index contributed by atoms with van der Waals surface area (Å²) in [4.78, 5) is 9.10. The van der Waals surface area contributed by atoms with Gasteiger partial charge in [-0.1, -0.05) is 98.8 Å². The van der Waals surface area contributed by atoms with E-state index in [0.717, 1.165) is 12.8 Å². The fraction of sp³-hybridized carbons (Fsp3) is 0.561. The second-order valence-corrected chi connectivity index (χ2v) is 19.0. The second-order valence-electron chi connectivity index (χ2n) is 14.2. The molecule has 0 fully saturated rings. The second kappa shape index (κ2) is 16.6. The Labute approximate surface area is 290 Å². The van der Waals surface area contributed by atoms with Crippen molar-refractivity contribution in [3.8, 4) is 10.4 Å². The van der Waals surface area contributed by atoms with Crippen LogP contribution in [0, 0.1) is 6.92 Å². The SMILES string of the molecule is CCCCCCCCc1ccc(CCc2c3cc(C)sc3c(-c3ccc(CCCCCCCC)s3)c3cc(C(C)(C)C)sc23)s1. The van der Waals surface area contributed by atoms with Crippen molar-refractivity contribution in [2.75, 3.05) is 0 Å². The van der Waals surface area contributed by atoms with Gasteiger partial charge in [-0.25, -0.2) is 0 Å². The lowest BCUT2D eigenvalue weighted by Gasteiger charge is -2.15. The quantitative estimate of drug-likeness (QED) is 0.0810. The van der Waals surface area contributed by atoms with Gasteiger partial charge in [0.1, 0.15) is 0 Å². The molecule has 5 rings (SSSR count). The van der Waals surface area contributed by atoms with Crippen LogP contribution < -0.4 is 0 Å². The van der Waals surface area contributed by atoms with Crippen molar-refractivity contribution in [2.24, 2.45) is 0 Å².